The standard InChI is InChI=1S/C18H23N3O2/c1-14-6-7-16(23-14)8-10-20-18(22)17(21-11-2-3-12-21)15-5-4-9-19-13-15/h4-7,9,13,17H,2-3,8,10-12H2,1H3,(H,20,22). The normalized spacial score (nSPS) is 16.4. The average Bonchev–Trinajstić information content (AvgIpc) is 3.21. The third-order valence-electron chi connectivity index (χ3n) is 4.22. The van der Waals surface area contributed by atoms with Crippen LogP contribution in [0.4, 0.5) is 0 Å². The van der Waals surface area contributed by atoms with Crippen molar-refractivity contribution in [3.05, 3.63) is 53.7 Å². The largest absolute Gasteiger partial charge is 0.466 e. The molecule has 1 aliphatic rings. The zero-order valence-corrected chi connectivity index (χ0v) is 13.5. The predicted molar refractivity (Wildman–Crippen MR) is 87.9 cm³/mol. The highest BCUT2D eigenvalue weighted by atomic mass is 16.3. The first-order valence-electron chi connectivity index (χ1n) is 8.21. The number of nitrogens with one attached hydrogen (secondary N) is 1. The molecule has 3 heterocycles. The minimum Gasteiger partial charge on any atom is -0.466 e. The number of hydrogen-bond donors (Lipinski definition) is 1. The van der Waals surface area contributed by atoms with E-state index in [9.17, 15) is 4.79 Å². The Morgan fingerprint density at radius 2 is 2.17 bits per heavy atom. The summed E-state index contributed by atoms with van der Waals surface area (Å²) >= 11 is 0. The van der Waals surface area contributed by atoms with Gasteiger partial charge in [-0.05, 0) is 56.6 Å². The van der Waals surface area contributed by atoms with E-state index in [0.717, 1.165) is 43.0 Å². The Bertz CT molecular complexity index is 633. The molecular weight excluding hydrogens is 290 g/mol. The van der Waals surface area contributed by atoms with E-state index in [4.69, 9.17) is 4.42 Å². The second kappa shape index (κ2) is 7.42. The molecule has 1 saturated heterocycles. The van der Waals surface area contributed by atoms with Gasteiger partial charge < -0.3 is 9.73 Å². The fourth-order valence-corrected chi connectivity index (χ4v) is 3.09. The van der Waals surface area contributed by atoms with Crippen molar-refractivity contribution in [2.75, 3.05) is 19.6 Å². The smallest absolute Gasteiger partial charge is 0.242 e. The first-order valence-corrected chi connectivity index (χ1v) is 8.21. The molecule has 2 aromatic heterocycles. The summed E-state index contributed by atoms with van der Waals surface area (Å²) in [7, 11) is 0. The average molecular weight is 313 g/mol. The highest BCUT2D eigenvalue weighted by Crippen LogP contribution is 2.24. The van der Waals surface area contributed by atoms with Gasteiger partial charge in [-0.15, -0.1) is 0 Å². The van der Waals surface area contributed by atoms with Gasteiger partial charge in [0.1, 0.15) is 17.6 Å². The van der Waals surface area contributed by atoms with Crippen molar-refractivity contribution in [1.82, 2.24) is 15.2 Å². The van der Waals surface area contributed by atoms with E-state index in [-0.39, 0.29) is 11.9 Å². The van der Waals surface area contributed by atoms with Crippen LogP contribution in [-0.4, -0.2) is 35.4 Å². The van der Waals surface area contributed by atoms with E-state index in [1.165, 1.54) is 0 Å². The van der Waals surface area contributed by atoms with Crippen molar-refractivity contribution in [3.8, 4) is 0 Å². The number of carbonyl (C=O) groups is 1. The van der Waals surface area contributed by atoms with Crippen LogP contribution in [0.15, 0.2) is 41.1 Å². The zero-order valence-electron chi connectivity index (χ0n) is 13.5. The molecule has 0 radical (unpaired) electrons. The number of rotatable bonds is 6. The maximum atomic E-state index is 12.7. The summed E-state index contributed by atoms with van der Waals surface area (Å²) in [6.45, 7) is 4.43. The number of carbonyl (C=O) groups excluding carboxylic acids is 1. The van der Waals surface area contributed by atoms with Crippen LogP contribution in [0.25, 0.3) is 0 Å². The fourth-order valence-electron chi connectivity index (χ4n) is 3.09. The van der Waals surface area contributed by atoms with E-state index < -0.39 is 0 Å². The topological polar surface area (TPSA) is 58.4 Å². The summed E-state index contributed by atoms with van der Waals surface area (Å²) < 4.78 is 5.54. The van der Waals surface area contributed by atoms with Crippen molar-refractivity contribution in [2.24, 2.45) is 0 Å². The van der Waals surface area contributed by atoms with Crippen LogP contribution < -0.4 is 5.32 Å². The van der Waals surface area contributed by atoms with Gasteiger partial charge in [-0.2, -0.15) is 0 Å². The van der Waals surface area contributed by atoms with Gasteiger partial charge in [0.2, 0.25) is 5.91 Å². The molecule has 1 N–H and O–H groups in total. The SMILES string of the molecule is Cc1ccc(CCNC(=O)C(c2cccnc2)N2CCCC2)o1. The van der Waals surface area contributed by atoms with Crippen LogP contribution in [0.3, 0.4) is 0 Å². The summed E-state index contributed by atoms with van der Waals surface area (Å²) in [6.07, 6.45) is 6.53. The summed E-state index contributed by atoms with van der Waals surface area (Å²) in [5, 5.41) is 3.05. The molecule has 0 bridgehead atoms. The lowest BCUT2D eigenvalue weighted by Gasteiger charge is -2.26. The van der Waals surface area contributed by atoms with Crippen LogP contribution in [0.1, 0.15) is 36.0 Å². The van der Waals surface area contributed by atoms with E-state index in [0.29, 0.717) is 13.0 Å². The van der Waals surface area contributed by atoms with Gasteiger partial charge >= 0.3 is 0 Å². The highest BCUT2D eigenvalue weighted by Gasteiger charge is 2.29. The van der Waals surface area contributed by atoms with Crippen LogP contribution in [-0.2, 0) is 11.2 Å². The van der Waals surface area contributed by atoms with Gasteiger partial charge in [0.15, 0.2) is 0 Å². The molecule has 0 spiro atoms. The number of likely N-dealkylation sites (tertiary alicyclic amines) is 1. The Kier molecular flexibility index (Phi) is 5.08. The molecule has 1 atom stereocenters. The van der Waals surface area contributed by atoms with E-state index in [1.54, 1.807) is 12.4 Å². The molecule has 122 valence electrons. The van der Waals surface area contributed by atoms with Gasteiger partial charge in [0.25, 0.3) is 0 Å². The Morgan fingerprint density at radius 3 is 2.83 bits per heavy atom. The Hall–Kier alpha value is -2.14. The lowest BCUT2D eigenvalue weighted by molar-refractivity contribution is -0.126. The number of aryl methyl sites for hydroxylation is 1. The summed E-state index contributed by atoms with van der Waals surface area (Å²) in [5.74, 6) is 1.85. The minimum absolute atomic E-state index is 0.0446. The van der Waals surface area contributed by atoms with Gasteiger partial charge in [-0.25, -0.2) is 0 Å². The molecule has 1 fully saturated rings. The third-order valence-corrected chi connectivity index (χ3v) is 4.22. The summed E-state index contributed by atoms with van der Waals surface area (Å²) in [5.41, 5.74) is 0.959. The molecular formula is C18H23N3O2. The number of furan rings is 1. The van der Waals surface area contributed by atoms with Gasteiger partial charge in [0, 0.05) is 25.4 Å². The first-order chi connectivity index (χ1) is 11.2. The predicted octanol–water partition coefficient (Wildman–Crippen LogP) is 2.48. The first kappa shape index (κ1) is 15.7. The monoisotopic (exact) mass is 313 g/mol. The molecule has 0 saturated carbocycles. The molecule has 1 aliphatic heterocycles. The van der Waals surface area contributed by atoms with Crippen LogP contribution in [0.5, 0.6) is 0 Å². The van der Waals surface area contributed by atoms with Crippen LogP contribution >= 0.6 is 0 Å². The Morgan fingerprint density at radius 1 is 1.35 bits per heavy atom. The zero-order chi connectivity index (χ0) is 16.1. The second-order valence-corrected chi connectivity index (χ2v) is 5.99. The van der Waals surface area contributed by atoms with Crippen molar-refractivity contribution in [1.29, 1.82) is 0 Å². The quantitative estimate of drug-likeness (QED) is 0.890. The van der Waals surface area contributed by atoms with Crippen molar-refractivity contribution in [2.45, 2.75) is 32.2 Å². The number of nitrogens with zero attached hydrogens (tertiary/aromatic N) is 2. The lowest BCUT2D eigenvalue weighted by Crippen LogP contribution is -2.40. The molecule has 1 amide bonds. The number of pyridine rings is 1. The lowest BCUT2D eigenvalue weighted by atomic mass is 10.1. The molecule has 5 heteroatoms. The van der Waals surface area contributed by atoms with Crippen LogP contribution in [0, 0.1) is 6.92 Å². The van der Waals surface area contributed by atoms with E-state index >= 15 is 0 Å². The maximum Gasteiger partial charge on any atom is 0.242 e. The molecule has 5 nitrogen and oxygen atoms in total. The number of amides is 1. The van der Waals surface area contributed by atoms with E-state index in [2.05, 4.69) is 15.2 Å². The Balaban J connectivity index is 1.63. The molecule has 0 aromatic carbocycles. The van der Waals surface area contributed by atoms with E-state index in [1.807, 2.05) is 31.2 Å². The number of hydrogen-bond acceptors (Lipinski definition) is 4. The third kappa shape index (κ3) is 3.99. The summed E-state index contributed by atoms with van der Waals surface area (Å²) in [4.78, 5) is 19.1. The maximum absolute atomic E-state index is 12.7. The fraction of sp³-hybridized carbons (Fsp3) is 0.444. The second-order valence-electron chi connectivity index (χ2n) is 5.99. The molecule has 0 aliphatic carbocycles. The van der Waals surface area contributed by atoms with Gasteiger partial charge in [-0.1, -0.05) is 6.07 Å². The molecule has 3 rings (SSSR count). The van der Waals surface area contributed by atoms with Gasteiger partial charge in [0.05, 0.1) is 0 Å². The van der Waals surface area contributed by atoms with Crippen molar-refractivity contribution in [3.63, 3.8) is 0 Å². The van der Waals surface area contributed by atoms with Crippen molar-refractivity contribution >= 4 is 5.91 Å². The molecule has 23 heavy (non-hydrogen) atoms. The number of aromatic nitrogens is 1. The van der Waals surface area contributed by atoms with Crippen LogP contribution in [0.2, 0.25) is 0 Å². The highest BCUT2D eigenvalue weighted by molar-refractivity contribution is 5.83. The minimum atomic E-state index is -0.246. The molecule has 1 unspecified atom stereocenters. The van der Waals surface area contributed by atoms with Gasteiger partial charge in [-0.3, -0.25) is 14.7 Å². The Labute approximate surface area is 136 Å². The van der Waals surface area contributed by atoms with Crippen molar-refractivity contribution < 1.29 is 9.21 Å². The molecule has 2 aromatic rings. The summed E-state index contributed by atoms with van der Waals surface area (Å²) in [6, 6.07) is 7.52.